The summed E-state index contributed by atoms with van der Waals surface area (Å²) in [6.45, 7) is 9.57. The Morgan fingerprint density at radius 2 is 2.12 bits per heavy atom. The van der Waals surface area contributed by atoms with Gasteiger partial charge < -0.3 is 11.1 Å². The van der Waals surface area contributed by atoms with Crippen molar-refractivity contribution in [2.45, 2.75) is 58.2 Å². The predicted molar refractivity (Wildman–Crippen MR) is 66.1 cm³/mol. The highest BCUT2D eigenvalue weighted by molar-refractivity contribution is 5.78. The molecule has 0 aromatic heterocycles. The highest BCUT2D eigenvalue weighted by Crippen LogP contribution is 2.15. The van der Waals surface area contributed by atoms with E-state index in [-0.39, 0.29) is 11.4 Å². The fourth-order valence-corrected chi connectivity index (χ4v) is 2.13. The minimum atomic E-state index is -0.146. The molecule has 2 unspecified atom stereocenters. The summed E-state index contributed by atoms with van der Waals surface area (Å²) in [6.07, 6.45) is 1.98. The van der Waals surface area contributed by atoms with Crippen molar-refractivity contribution in [3.63, 3.8) is 0 Å². The van der Waals surface area contributed by atoms with E-state index in [0.29, 0.717) is 18.6 Å². The summed E-state index contributed by atoms with van der Waals surface area (Å²) in [5, 5.41) is 2.99. The maximum absolute atomic E-state index is 11.8. The number of carbonyl (C=O) groups is 1. The molecular formula is C12H25N3O. The molecule has 0 aliphatic carbocycles. The molecule has 1 saturated heterocycles. The van der Waals surface area contributed by atoms with Gasteiger partial charge in [-0.15, -0.1) is 0 Å². The average molecular weight is 227 g/mol. The molecule has 0 spiro atoms. The van der Waals surface area contributed by atoms with E-state index in [1.807, 2.05) is 20.8 Å². The molecule has 4 nitrogen and oxygen atoms in total. The fraction of sp³-hybridized carbons (Fsp3) is 0.917. The largest absolute Gasteiger partial charge is 0.350 e. The Labute approximate surface area is 98.6 Å². The lowest BCUT2D eigenvalue weighted by Crippen LogP contribution is -2.51. The van der Waals surface area contributed by atoms with E-state index < -0.39 is 0 Å². The number of nitrogens with one attached hydrogen (secondary N) is 1. The van der Waals surface area contributed by atoms with Gasteiger partial charge in [0.2, 0.25) is 5.91 Å². The van der Waals surface area contributed by atoms with Gasteiger partial charge in [-0.1, -0.05) is 0 Å². The summed E-state index contributed by atoms with van der Waals surface area (Å²) in [5.41, 5.74) is 5.75. The number of nitrogens with two attached hydrogens (primary N) is 1. The molecule has 1 aliphatic heterocycles. The van der Waals surface area contributed by atoms with Crippen molar-refractivity contribution in [3.05, 3.63) is 0 Å². The van der Waals surface area contributed by atoms with Gasteiger partial charge in [0.05, 0.1) is 6.54 Å². The van der Waals surface area contributed by atoms with Crippen LogP contribution in [0.4, 0.5) is 0 Å². The van der Waals surface area contributed by atoms with Crippen molar-refractivity contribution in [1.82, 2.24) is 10.2 Å². The summed E-state index contributed by atoms with van der Waals surface area (Å²) >= 11 is 0. The standard InChI is InChI=1S/C12H25N3O/c1-9-7-10(13)5-6-15(9)8-11(16)14-12(2,3)4/h9-10H,5-8,13H2,1-4H3,(H,14,16). The van der Waals surface area contributed by atoms with Crippen molar-refractivity contribution < 1.29 is 4.79 Å². The van der Waals surface area contributed by atoms with Crippen molar-refractivity contribution in [3.8, 4) is 0 Å². The molecule has 0 bridgehead atoms. The van der Waals surface area contributed by atoms with Crippen LogP contribution >= 0.6 is 0 Å². The number of piperidine rings is 1. The number of carbonyl (C=O) groups excluding carboxylic acids is 1. The Balaban J connectivity index is 2.39. The molecular weight excluding hydrogens is 202 g/mol. The van der Waals surface area contributed by atoms with E-state index in [4.69, 9.17) is 5.73 Å². The summed E-state index contributed by atoms with van der Waals surface area (Å²) < 4.78 is 0. The second-order valence-electron chi connectivity index (χ2n) is 5.90. The maximum Gasteiger partial charge on any atom is 0.234 e. The SMILES string of the molecule is CC1CC(N)CCN1CC(=O)NC(C)(C)C. The van der Waals surface area contributed by atoms with Crippen LogP contribution in [0.5, 0.6) is 0 Å². The zero-order valence-corrected chi connectivity index (χ0v) is 10.9. The lowest BCUT2D eigenvalue weighted by Gasteiger charge is -2.36. The third kappa shape index (κ3) is 4.49. The summed E-state index contributed by atoms with van der Waals surface area (Å²) in [7, 11) is 0. The minimum absolute atomic E-state index is 0.106. The zero-order valence-electron chi connectivity index (χ0n) is 10.9. The Bertz CT molecular complexity index is 247. The zero-order chi connectivity index (χ0) is 12.3. The van der Waals surface area contributed by atoms with Crippen LogP contribution in [-0.4, -0.2) is 41.5 Å². The lowest BCUT2D eigenvalue weighted by atomic mass is 9.99. The van der Waals surface area contributed by atoms with E-state index in [2.05, 4.69) is 17.1 Å². The van der Waals surface area contributed by atoms with Gasteiger partial charge in [0.25, 0.3) is 0 Å². The Hall–Kier alpha value is -0.610. The predicted octanol–water partition coefficient (Wildman–Crippen LogP) is 0.713. The molecule has 0 radical (unpaired) electrons. The highest BCUT2D eigenvalue weighted by atomic mass is 16.2. The van der Waals surface area contributed by atoms with Crippen LogP contribution in [0.25, 0.3) is 0 Å². The molecule has 1 amide bonds. The van der Waals surface area contributed by atoms with Crippen molar-refractivity contribution in [1.29, 1.82) is 0 Å². The third-order valence-corrected chi connectivity index (χ3v) is 2.92. The minimum Gasteiger partial charge on any atom is -0.350 e. The quantitative estimate of drug-likeness (QED) is 0.730. The van der Waals surface area contributed by atoms with Crippen LogP contribution in [0.1, 0.15) is 40.5 Å². The first-order valence-corrected chi connectivity index (χ1v) is 6.08. The monoisotopic (exact) mass is 227 g/mol. The van der Waals surface area contributed by atoms with Crippen LogP contribution < -0.4 is 11.1 Å². The third-order valence-electron chi connectivity index (χ3n) is 2.92. The van der Waals surface area contributed by atoms with Gasteiger partial charge in [-0.3, -0.25) is 9.69 Å². The van der Waals surface area contributed by atoms with Gasteiger partial charge in [0.15, 0.2) is 0 Å². The Morgan fingerprint density at radius 3 is 2.62 bits per heavy atom. The first kappa shape index (κ1) is 13.5. The smallest absolute Gasteiger partial charge is 0.234 e. The molecule has 2 atom stereocenters. The molecule has 94 valence electrons. The lowest BCUT2D eigenvalue weighted by molar-refractivity contribution is -0.124. The van der Waals surface area contributed by atoms with Gasteiger partial charge in [0, 0.05) is 24.2 Å². The molecule has 1 heterocycles. The summed E-state index contributed by atoms with van der Waals surface area (Å²) in [4.78, 5) is 14.0. The van der Waals surface area contributed by atoms with Gasteiger partial charge in [-0.05, 0) is 40.5 Å². The van der Waals surface area contributed by atoms with Crippen LogP contribution in [0.2, 0.25) is 0 Å². The first-order chi connectivity index (χ1) is 7.28. The fourth-order valence-electron chi connectivity index (χ4n) is 2.13. The number of nitrogens with zero attached hydrogens (tertiary/aromatic N) is 1. The van der Waals surface area contributed by atoms with Crippen molar-refractivity contribution in [2.24, 2.45) is 5.73 Å². The summed E-state index contributed by atoms with van der Waals surface area (Å²) in [6, 6.07) is 0.714. The molecule has 3 N–H and O–H groups in total. The van der Waals surface area contributed by atoms with E-state index in [1.54, 1.807) is 0 Å². The second-order valence-corrected chi connectivity index (χ2v) is 5.90. The number of hydrogen-bond donors (Lipinski definition) is 2. The van der Waals surface area contributed by atoms with Gasteiger partial charge in [-0.2, -0.15) is 0 Å². The van der Waals surface area contributed by atoms with Gasteiger partial charge >= 0.3 is 0 Å². The van der Waals surface area contributed by atoms with Crippen molar-refractivity contribution >= 4 is 5.91 Å². The summed E-state index contributed by atoms with van der Waals surface area (Å²) in [5.74, 6) is 0.106. The molecule has 0 saturated carbocycles. The molecule has 0 aromatic carbocycles. The second kappa shape index (κ2) is 5.15. The van der Waals surface area contributed by atoms with E-state index >= 15 is 0 Å². The number of amides is 1. The Morgan fingerprint density at radius 1 is 1.50 bits per heavy atom. The number of likely N-dealkylation sites (tertiary alicyclic amines) is 1. The highest BCUT2D eigenvalue weighted by Gasteiger charge is 2.25. The van der Waals surface area contributed by atoms with E-state index in [1.165, 1.54) is 0 Å². The van der Waals surface area contributed by atoms with E-state index in [9.17, 15) is 4.79 Å². The number of rotatable bonds is 2. The van der Waals surface area contributed by atoms with Crippen LogP contribution in [0.15, 0.2) is 0 Å². The number of hydrogen-bond acceptors (Lipinski definition) is 3. The Kier molecular flexibility index (Phi) is 4.33. The van der Waals surface area contributed by atoms with Crippen molar-refractivity contribution in [2.75, 3.05) is 13.1 Å². The van der Waals surface area contributed by atoms with Gasteiger partial charge in [0.1, 0.15) is 0 Å². The van der Waals surface area contributed by atoms with E-state index in [0.717, 1.165) is 19.4 Å². The molecule has 4 heteroatoms. The van der Waals surface area contributed by atoms with Gasteiger partial charge in [-0.25, -0.2) is 0 Å². The molecule has 1 fully saturated rings. The average Bonchev–Trinajstić information content (AvgIpc) is 2.06. The topological polar surface area (TPSA) is 58.4 Å². The van der Waals surface area contributed by atoms with Crippen LogP contribution in [0.3, 0.4) is 0 Å². The molecule has 0 aromatic rings. The van der Waals surface area contributed by atoms with Crippen LogP contribution in [-0.2, 0) is 4.79 Å². The van der Waals surface area contributed by atoms with Crippen LogP contribution in [0, 0.1) is 0 Å². The molecule has 16 heavy (non-hydrogen) atoms. The maximum atomic E-state index is 11.8. The molecule has 1 rings (SSSR count). The first-order valence-electron chi connectivity index (χ1n) is 6.08. The normalized spacial score (nSPS) is 27.8. The molecule has 1 aliphatic rings.